The SMILES string of the molecule is COC.O=Cc1cc(Br)c(C=O)[nH]1. The molecule has 1 heterocycles. The van der Waals surface area contributed by atoms with Crippen LogP contribution in [-0.4, -0.2) is 31.8 Å². The van der Waals surface area contributed by atoms with Gasteiger partial charge in [-0.25, -0.2) is 0 Å². The molecule has 0 amide bonds. The number of aromatic amines is 1. The molecule has 0 fully saturated rings. The molecule has 5 heteroatoms. The Morgan fingerprint density at radius 2 is 1.92 bits per heavy atom. The van der Waals surface area contributed by atoms with Gasteiger partial charge in [0.15, 0.2) is 12.6 Å². The molecule has 0 radical (unpaired) electrons. The first kappa shape index (κ1) is 12.1. The van der Waals surface area contributed by atoms with Gasteiger partial charge in [-0.05, 0) is 22.0 Å². The number of nitrogens with one attached hydrogen (secondary N) is 1. The van der Waals surface area contributed by atoms with E-state index in [2.05, 4.69) is 25.7 Å². The van der Waals surface area contributed by atoms with E-state index in [0.717, 1.165) is 0 Å². The molecule has 4 nitrogen and oxygen atoms in total. The zero-order valence-electron chi connectivity index (χ0n) is 7.33. The molecule has 72 valence electrons. The molecule has 0 saturated carbocycles. The summed E-state index contributed by atoms with van der Waals surface area (Å²) < 4.78 is 4.87. The van der Waals surface area contributed by atoms with Gasteiger partial charge in [-0.2, -0.15) is 0 Å². The van der Waals surface area contributed by atoms with Crippen molar-refractivity contribution in [2.45, 2.75) is 0 Å². The van der Waals surface area contributed by atoms with Crippen LogP contribution in [0.5, 0.6) is 0 Å². The summed E-state index contributed by atoms with van der Waals surface area (Å²) in [5.41, 5.74) is 0.788. The summed E-state index contributed by atoms with van der Waals surface area (Å²) in [6.45, 7) is 0. The first-order valence-corrected chi connectivity index (χ1v) is 4.17. The first-order chi connectivity index (χ1) is 6.19. The average Bonchev–Trinajstić information content (AvgIpc) is 2.47. The fraction of sp³-hybridized carbons (Fsp3) is 0.250. The van der Waals surface area contributed by atoms with Crippen LogP contribution in [0.3, 0.4) is 0 Å². The Balaban J connectivity index is 0.000000424. The number of H-pyrrole nitrogens is 1. The molecular formula is C8H10BrNO3. The molecule has 0 atom stereocenters. The number of aromatic nitrogens is 1. The highest BCUT2D eigenvalue weighted by Gasteiger charge is 2.01. The van der Waals surface area contributed by atoms with E-state index >= 15 is 0 Å². The molecule has 0 spiro atoms. The van der Waals surface area contributed by atoms with E-state index in [1.165, 1.54) is 0 Å². The van der Waals surface area contributed by atoms with Gasteiger partial charge in [-0.3, -0.25) is 9.59 Å². The molecular weight excluding hydrogens is 238 g/mol. The molecule has 1 aromatic rings. The highest BCUT2D eigenvalue weighted by molar-refractivity contribution is 9.10. The topological polar surface area (TPSA) is 59.2 Å². The zero-order chi connectivity index (χ0) is 10.3. The van der Waals surface area contributed by atoms with E-state index in [1.54, 1.807) is 20.3 Å². The predicted molar refractivity (Wildman–Crippen MR) is 52.2 cm³/mol. The van der Waals surface area contributed by atoms with Gasteiger partial charge in [0, 0.05) is 18.7 Å². The summed E-state index contributed by atoms with van der Waals surface area (Å²) in [5.74, 6) is 0. The van der Waals surface area contributed by atoms with E-state index < -0.39 is 0 Å². The molecule has 0 bridgehead atoms. The van der Waals surface area contributed by atoms with E-state index in [0.29, 0.717) is 28.4 Å². The van der Waals surface area contributed by atoms with Crippen molar-refractivity contribution in [2.75, 3.05) is 14.2 Å². The maximum atomic E-state index is 10.2. The number of aldehydes is 2. The predicted octanol–water partition coefficient (Wildman–Crippen LogP) is 1.66. The van der Waals surface area contributed by atoms with Crippen LogP contribution in [0.15, 0.2) is 10.5 Å². The van der Waals surface area contributed by atoms with Crippen molar-refractivity contribution in [2.24, 2.45) is 0 Å². The molecule has 0 aliphatic rings. The lowest BCUT2D eigenvalue weighted by Crippen LogP contribution is -1.81. The summed E-state index contributed by atoms with van der Waals surface area (Å²) in [6.07, 6.45) is 1.30. The Hall–Kier alpha value is -0.940. The quantitative estimate of drug-likeness (QED) is 0.809. The normalized spacial score (nSPS) is 8.54. The van der Waals surface area contributed by atoms with Crippen molar-refractivity contribution < 1.29 is 14.3 Å². The van der Waals surface area contributed by atoms with Gasteiger partial charge in [0.25, 0.3) is 0 Å². The van der Waals surface area contributed by atoms with Crippen LogP contribution < -0.4 is 0 Å². The van der Waals surface area contributed by atoms with E-state index in [4.69, 9.17) is 0 Å². The molecule has 13 heavy (non-hydrogen) atoms. The minimum Gasteiger partial charge on any atom is -0.388 e. The molecule has 1 aromatic heterocycles. The lowest BCUT2D eigenvalue weighted by Gasteiger charge is -1.79. The third-order valence-electron chi connectivity index (χ3n) is 1.06. The fourth-order valence-corrected chi connectivity index (χ4v) is 1.05. The van der Waals surface area contributed by atoms with Gasteiger partial charge in [0.1, 0.15) is 0 Å². The van der Waals surface area contributed by atoms with Crippen molar-refractivity contribution in [3.05, 3.63) is 21.9 Å². The summed E-state index contributed by atoms with van der Waals surface area (Å²) in [5, 5.41) is 0. The monoisotopic (exact) mass is 247 g/mol. The third-order valence-corrected chi connectivity index (χ3v) is 1.72. The van der Waals surface area contributed by atoms with Gasteiger partial charge < -0.3 is 9.72 Å². The Morgan fingerprint density at radius 3 is 2.15 bits per heavy atom. The number of methoxy groups -OCH3 is 1. The van der Waals surface area contributed by atoms with Crippen LogP contribution in [0.2, 0.25) is 0 Å². The summed E-state index contributed by atoms with van der Waals surface area (Å²) in [4.78, 5) is 22.9. The standard InChI is InChI=1S/C6H4BrNO2.C2H6O/c7-5-1-4(2-9)8-6(5)3-10;1-3-2/h1-3,8H;1-2H3. The number of carbonyl (C=O) groups is 2. The Bertz CT molecular complexity index is 283. The van der Waals surface area contributed by atoms with Crippen LogP contribution in [0.25, 0.3) is 0 Å². The van der Waals surface area contributed by atoms with Crippen molar-refractivity contribution in [3.8, 4) is 0 Å². The van der Waals surface area contributed by atoms with Crippen LogP contribution in [0.4, 0.5) is 0 Å². The van der Waals surface area contributed by atoms with Crippen molar-refractivity contribution in [1.82, 2.24) is 4.98 Å². The van der Waals surface area contributed by atoms with Gasteiger partial charge in [0.2, 0.25) is 0 Å². The summed E-state index contributed by atoms with van der Waals surface area (Å²) >= 11 is 3.10. The smallest absolute Gasteiger partial charge is 0.167 e. The second-order valence-electron chi connectivity index (χ2n) is 2.13. The second-order valence-corrected chi connectivity index (χ2v) is 2.98. The highest BCUT2D eigenvalue weighted by atomic mass is 79.9. The average molecular weight is 248 g/mol. The number of ether oxygens (including phenoxy) is 1. The van der Waals surface area contributed by atoms with Crippen LogP contribution in [0.1, 0.15) is 21.0 Å². The highest BCUT2D eigenvalue weighted by Crippen LogP contribution is 2.14. The van der Waals surface area contributed by atoms with Gasteiger partial charge in [-0.15, -0.1) is 0 Å². The van der Waals surface area contributed by atoms with Crippen molar-refractivity contribution >= 4 is 28.5 Å². The van der Waals surface area contributed by atoms with E-state index in [1.807, 2.05) is 0 Å². The second kappa shape index (κ2) is 6.56. The minimum absolute atomic E-state index is 0.391. The number of rotatable bonds is 2. The maximum absolute atomic E-state index is 10.2. The summed E-state index contributed by atoms with van der Waals surface area (Å²) in [6, 6.07) is 1.55. The van der Waals surface area contributed by atoms with Crippen LogP contribution in [-0.2, 0) is 4.74 Å². The van der Waals surface area contributed by atoms with E-state index in [-0.39, 0.29) is 0 Å². The zero-order valence-corrected chi connectivity index (χ0v) is 8.92. The molecule has 0 unspecified atom stereocenters. The summed E-state index contributed by atoms with van der Waals surface area (Å²) in [7, 11) is 3.25. The lowest BCUT2D eigenvalue weighted by molar-refractivity contribution is 0.111. The molecule has 0 saturated heterocycles. The number of hydrogen-bond acceptors (Lipinski definition) is 3. The van der Waals surface area contributed by atoms with Crippen LogP contribution in [0, 0.1) is 0 Å². The largest absolute Gasteiger partial charge is 0.388 e. The molecule has 1 rings (SSSR count). The molecule has 0 aliphatic heterocycles. The maximum Gasteiger partial charge on any atom is 0.167 e. The van der Waals surface area contributed by atoms with Crippen molar-refractivity contribution in [1.29, 1.82) is 0 Å². The number of halogens is 1. The lowest BCUT2D eigenvalue weighted by atomic mass is 10.4. The van der Waals surface area contributed by atoms with Gasteiger partial charge in [0.05, 0.1) is 11.4 Å². The molecule has 1 N–H and O–H groups in total. The van der Waals surface area contributed by atoms with Crippen LogP contribution >= 0.6 is 15.9 Å². The van der Waals surface area contributed by atoms with Gasteiger partial charge >= 0.3 is 0 Å². The molecule has 0 aromatic carbocycles. The third kappa shape index (κ3) is 4.00. The number of hydrogen-bond donors (Lipinski definition) is 1. The fourth-order valence-electron chi connectivity index (χ4n) is 0.615. The molecule has 0 aliphatic carbocycles. The minimum atomic E-state index is 0.391. The Labute approximate surface area is 84.4 Å². The van der Waals surface area contributed by atoms with Crippen molar-refractivity contribution in [3.63, 3.8) is 0 Å². The number of carbonyl (C=O) groups excluding carboxylic acids is 2. The van der Waals surface area contributed by atoms with Gasteiger partial charge in [-0.1, -0.05) is 0 Å². The Kier molecular flexibility index (Phi) is 6.09. The van der Waals surface area contributed by atoms with E-state index in [9.17, 15) is 9.59 Å². The Morgan fingerprint density at radius 1 is 1.38 bits per heavy atom. The first-order valence-electron chi connectivity index (χ1n) is 3.38.